The van der Waals surface area contributed by atoms with Crippen LogP contribution in [0.25, 0.3) is 11.1 Å². The summed E-state index contributed by atoms with van der Waals surface area (Å²) in [5.41, 5.74) is 3.97. The topological polar surface area (TPSA) is 114 Å². The molecule has 0 bridgehead atoms. The number of carbonyl (C=O) groups is 1. The van der Waals surface area contributed by atoms with Crippen LogP contribution in [0.5, 0.6) is 5.75 Å². The summed E-state index contributed by atoms with van der Waals surface area (Å²) in [7, 11) is 3.26. The highest BCUT2D eigenvalue weighted by atomic mass is 16.5. The Morgan fingerprint density at radius 2 is 1.97 bits per heavy atom. The van der Waals surface area contributed by atoms with Crippen molar-refractivity contribution in [2.45, 2.75) is 25.8 Å². The van der Waals surface area contributed by atoms with Crippen molar-refractivity contribution >= 4 is 11.9 Å². The summed E-state index contributed by atoms with van der Waals surface area (Å²) in [6.07, 6.45) is 4.65. The molecule has 0 saturated heterocycles. The van der Waals surface area contributed by atoms with E-state index >= 15 is 0 Å². The molecule has 0 atom stereocenters. The van der Waals surface area contributed by atoms with E-state index in [2.05, 4.69) is 20.7 Å². The third-order valence-electron chi connectivity index (χ3n) is 5.10. The zero-order chi connectivity index (χ0) is 23.5. The molecular formula is C24H30N6O3. The van der Waals surface area contributed by atoms with Crippen LogP contribution >= 0.6 is 0 Å². The summed E-state index contributed by atoms with van der Waals surface area (Å²) >= 11 is 0. The van der Waals surface area contributed by atoms with Crippen molar-refractivity contribution in [3.05, 3.63) is 66.2 Å². The first-order chi connectivity index (χ1) is 16.1. The van der Waals surface area contributed by atoms with Gasteiger partial charge in [0.1, 0.15) is 18.4 Å². The second kappa shape index (κ2) is 12.4. The number of aryl methyl sites for hydroxylation is 1. The Bertz CT molecular complexity index is 1040. The van der Waals surface area contributed by atoms with Crippen molar-refractivity contribution < 1.29 is 14.3 Å². The third kappa shape index (κ3) is 6.88. The maximum absolute atomic E-state index is 12.3. The molecule has 3 rings (SSSR count). The average molecular weight is 451 g/mol. The highest BCUT2D eigenvalue weighted by Gasteiger charge is 2.18. The molecule has 0 radical (unpaired) electrons. The summed E-state index contributed by atoms with van der Waals surface area (Å²) < 4.78 is 13.2. The molecule has 0 saturated carbocycles. The predicted octanol–water partition coefficient (Wildman–Crippen LogP) is 2.61. The number of guanidine groups is 1. The first kappa shape index (κ1) is 23.9. The fraction of sp³-hybridized carbons (Fsp3) is 0.333. The number of nitrogens with one attached hydrogen (secondary N) is 3. The van der Waals surface area contributed by atoms with Gasteiger partial charge in [0.2, 0.25) is 5.91 Å². The number of ether oxygens (including phenoxy) is 2. The Balaban J connectivity index is 1.96. The SMILES string of the molecule is CNC(=N)NC(=O)CCc1ccc(-c2ccccc2)c(OCCCOC)c1Cn1cncn1. The van der Waals surface area contributed by atoms with Gasteiger partial charge in [-0.3, -0.25) is 15.5 Å². The zero-order valence-corrected chi connectivity index (χ0v) is 19.0. The van der Waals surface area contributed by atoms with E-state index in [-0.39, 0.29) is 18.3 Å². The number of carbonyl (C=O) groups excluding carboxylic acids is 1. The van der Waals surface area contributed by atoms with Crippen LogP contribution < -0.4 is 15.4 Å². The fourth-order valence-corrected chi connectivity index (χ4v) is 3.45. The monoisotopic (exact) mass is 450 g/mol. The Morgan fingerprint density at radius 3 is 2.67 bits per heavy atom. The van der Waals surface area contributed by atoms with Gasteiger partial charge in [0, 0.05) is 44.7 Å². The molecule has 3 N–H and O–H groups in total. The van der Waals surface area contributed by atoms with Crippen LogP contribution in [0.3, 0.4) is 0 Å². The first-order valence-corrected chi connectivity index (χ1v) is 10.8. The van der Waals surface area contributed by atoms with Crippen LogP contribution in [0, 0.1) is 5.41 Å². The number of methoxy groups -OCH3 is 1. The van der Waals surface area contributed by atoms with Crippen molar-refractivity contribution in [2.75, 3.05) is 27.4 Å². The Kier molecular flexibility index (Phi) is 8.96. The number of hydrogen-bond donors (Lipinski definition) is 3. The van der Waals surface area contributed by atoms with Gasteiger partial charge in [-0.05, 0) is 17.5 Å². The quantitative estimate of drug-likeness (QED) is 0.235. The van der Waals surface area contributed by atoms with E-state index in [1.165, 1.54) is 6.33 Å². The van der Waals surface area contributed by atoms with E-state index in [1.807, 2.05) is 42.5 Å². The summed E-state index contributed by atoms with van der Waals surface area (Å²) in [6, 6.07) is 14.1. The van der Waals surface area contributed by atoms with Crippen LogP contribution in [0.4, 0.5) is 0 Å². The van der Waals surface area contributed by atoms with Crippen LogP contribution in [0.15, 0.2) is 55.1 Å². The van der Waals surface area contributed by atoms with Crippen molar-refractivity contribution in [1.82, 2.24) is 25.4 Å². The highest BCUT2D eigenvalue weighted by Crippen LogP contribution is 2.36. The smallest absolute Gasteiger partial charge is 0.226 e. The predicted molar refractivity (Wildman–Crippen MR) is 126 cm³/mol. The molecule has 0 aliphatic rings. The van der Waals surface area contributed by atoms with Gasteiger partial charge in [-0.25, -0.2) is 9.67 Å². The summed E-state index contributed by atoms with van der Waals surface area (Å²) in [4.78, 5) is 16.3. The van der Waals surface area contributed by atoms with E-state index in [4.69, 9.17) is 14.9 Å². The lowest BCUT2D eigenvalue weighted by Gasteiger charge is -2.20. The van der Waals surface area contributed by atoms with Gasteiger partial charge in [-0.2, -0.15) is 5.10 Å². The molecule has 33 heavy (non-hydrogen) atoms. The highest BCUT2D eigenvalue weighted by molar-refractivity contribution is 5.95. The fourth-order valence-electron chi connectivity index (χ4n) is 3.45. The van der Waals surface area contributed by atoms with Gasteiger partial charge in [-0.1, -0.05) is 42.5 Å². The van der Waals surface area contributed by atoms with Gasteiger partial charge in [-0.15, -0.1) is 0 Å². The van der Waals surface area contributed by atoms with Crippen molar-refractivity contribution in [1.29, 1.82) is 5.41 Å². The maximum Gasteiger partial charge on any atom is 0.226 e. The van der Waals surface area contributed by atoms with Crippen molar-refractivity contribution in [2.24, 2.45) is 0 Å². The Morgan fingerprint density at radius 1 is 1.15 bits per heavy atom. The van der Waals surface area contributed by atoms with Crippen molar-refractivity contribution in [3.8, 4) is 16.9 Å². The number of nitrogens with zero attached hydrogens (tertiary/aromatic N) is 3. The first-order valence-electron chi connectivity index (χ1n) is 10.8. The van der Waals surface area contributed by atoms with E-state index in [1.54, 1.807) is 25.2 Å². The van der Waals surface area contributed by atoms with Crippen LogP contribution in [-0.4, -0.2) is 54.0 Å². The number of aromatic nitrogens is 3. The third-order valence-corrected chi connectivity index (χ3v) is 5.10. The molecular weight excluding hydrogens is 420 g/mol. The number of benzene rings is 2. The standard InChI is InChI=1S/C24H30N6O3/c1-26-24(25)29-22(31)12-10-19-9-11-20(18-7-4-3-5-8-18)23(33-14-6-13-32-2)21(19)15-30-17-27-16-28-30/h3-5,7-9,11,16-17H,6,10,12-15H2,1-2H3,(H3,25,26,29,31). The lowest BCUT2D eigenvalue weighted by molar-refractivity contribution is -0.119. The summed E-state index contributed by atoms with van der Waals surface area (Å²) in [5, 5.41) is 17.0. The average Bonchev–Trinajstić information content (AvgIpc) is 3.35. The molecule has 1 aromatic heterocycles. The largest absolute Gasteiger partial charge is 0.492 e. The van der Waals surface area contributed by atoms with Gasteiger partial charge >= 0.3 is 0 Å². The molecule has 2 aromatic carbocycles. The molecule has 3 aromatic rings. The molecule has 9 heteroatoms. The number of hydrogen-bond acceptors (Lipinski definition) is 6. The molecule has 1 heterocycles. The molecule has 0 spiro atoms. The minimum Gasteiger partial charge on any atom is -0.492 e. The molecule has 174 valence electrons. The van der Waals surface area contributed by atoms with E-state index < -0.39 is 0 Å². The Labute approximate surface area is 193 Å². The second-order valence-corrected chi connectivity index (χ2v) is 7.41. The normalized spacial score (nSPS) is 10.6. The molecule has 0 fully saturated rings. The minimum absolute atomic E-state index is 0.0237. The number of rotatable bonds is 11. The second-order valence-electron chi connectivity index (χ2n) is 7.41. The van der Waals surface area contributed by atoms with Gasteiger partial charge in [0.05, 0.1) is 13.2 Å². The van der Waals surface area contributed by atoms with Gasteiger partial charge < -0.3 is 14.8 Å². The van der Waals surface area contributed by atoms with E-state index in [0.29, 0.717) is 26.2 Å². The van der Waals surface area contributed by atoms with Crippen LogP contribution in [0.1, 0.15) is 24.0 Å². The zero-order valence-electron chi connectivity index (χ0n) is 19.0. The van der Waals surface area contributed by atoms with Gasteiger partial charge in [0.25, 0.3) is 0 Å². The maximum atomic E-state index is 12.3. The van der Waals surface area contributed by atoms with E-state index in [0.717, 1.165) is 34.4 Å². The Hall–Kier alpha value is -3.72. The number of amides is 1. The summed E-state index contributed by atoms with van der Waals surface area (Å²) in [5.74, 6) is 0.522. The molecule has 0 aliphatic heterocycles. The lowest BCUT2D eigenvalue weighted by Crippen LogP contribution is -2.38. The molecule has 9 nitrogen and oxygen atoms in total. The van der Waals surface area contributed by atoms with Crippen LogP contribution in [0.2, 0.25) is 0 Å². The minimum atomic E-state index is -0.226. The lowest BCUT2D eigenvalue weighted by atomic mass is 9.94. The molecule has 1 amide bonds. The molecule has 0 aliphatic carbocycles. The van der Waals surface area contributed by atoms with Gasteiger partial charge in [0.15, 0.2) is 5.96 Å². The summed E-state index contributed by atoms with van der Waals surface area (Å²) in [6.45, 7) is 1.57. The van der Waals surface area contributed by atoms with Crippen LogP contribution in [-0.2, 0) is 22.5 Å². The van der Waals surface area contributed by atoms with E-state index in [9.17, 15) is 4.79 Å². The van der Waals surface area contributed by atoms with Crippen molar-refractivity contribution in [3.63, 3.8) is 0 Å². The molecule has 0 unspecified atom stereocenters.